The number of hydrogen-bond donors (Lipinski definition) is 1. The average molecular weight is 333 g/mol. The van der Waals surface area contributed by atoms with E-state index in [4.69, 9.17) is 10.5 Å². The molecular weight excluding hydrogens is 319 g/mol. The van der Waals surface area contributed by atoms with Crippen LogP contribution in [0.4, 0.5) is 5.69 Å². The Morgan fingerprint density at radius 3 is 2.90 bits per heavy atom. The third-order valence-corrected chi connectivity index (χ3v) is 5.56. The first-order valence-corrected chi connectivity index (χ1v) is 8.09. The van der Waals surface area contributed by atoms with E-state index in [9.17, 15) is 4.79 Å². The fraction of sp³-hybridized carbons (Fsp3) is 0.200. The van der Waals surface area contributed by atoms with E-state index in [-0.39, 0.29) is 20.5 Å². The minimum absolute atomic E-state index is 0.180. The number of hydrogen-bond acceptors (Lipinski definition) is 4. The number of nitrogens with two attached hydrogens (primary N) is 1. The van der Waals surface area contributed by atoms with Crippen LogP contribution in [-0.2, 0) is 4.74 Å². The number of pyridine rings is 1. The number of carbonyl (C=O) groups is 1. The molecule has 0 aliphatic heterocycles. The number of nitrogens with zero attached hydrogens (tertiary/aromatic N) is 1. The van der Waals surface area contributed by atoms with Crippen LogP contribution in [0, 0.1) is 6.92 Å². The van der Waals surface area contributed by atoms with Crippen molar-refractivity contribution in [2.45, 2.75) is 13.8 Å². The van der Waals surface area contributed by atoms with Gasteiger partial charge in [-0.1, -0.05) is 0 Å². The van der Waals surface area contributed by atoms with Crippen LogP contribution in [0.2, 0.25) is 0 Å². The molecule has 0 bridgehead atoms. The predicted molar refractivity (Wildman–Crippen MR) is 81.3 cm³/mol. The standard InChI is InChI=1S/C15H14N2O2Se/c1-3-19-15(18)13-12(16)11-8(2)9-6-4-5-7-10(9)17-14(11)20-13/h4-7H,3,16H2,1-2H3. The van der Waals surface area contributed by atoms with Crippen LogP contribution in [0.15, 0.2) is 24.3 Å². The summed E-state index contributed by atoms with van der Waals surface area (Å²) in [7, 11) is 0. The van der Waals surface area contributed by atoms with Crippen LogP contribution in [0.5, 0.6) is 0 Å². The van der Waals surface area contributed by atoms with E-state index in [0.717, 1.165) is 26.2 Å². The van der Waals surface area contributed by atoms with Crippen molar-refractivity contribution in [3.05, 3.63) is 34.3 Å². The molecule has 4 nitrogen and oxygen atoms in total. The maximum absolute atomic E-state index is 12.0. The van der Waals surface area contributed by atoms with Crippen LogP contribution >= 0.6 is 0 Å². The molecule has 102 valence electrons. The van der Waals surface area contributed by atoms with Crippen LogP contribution < -0.4 is 5.73 Å². The fourth-order valence-electron chi connectivity index (χ4n) is 2.35. The van der Waals surface area contributed by atoms with E-state index < -0.39 is 0 Å². The van der Waals surface area contributed by atoms with Gasteiger partial charge in [0.1, 0.15) is 0 Å². The van der Waals surface area contributed by atoms with Crippen LogP contribution in [0.1, 0.15) is 21.7 Å². The van der Waals surface area contributed by atoms with Gasteiger partial charge in [0.25, 0.3) is 0 Å². The molecule has 0 aliphatic rings. The summed E-state index contributed by atoms with van der Waals surface area (Å²) in [5.41, 5.74) is 8.74. The van der Waals surface area contributed by atoms with Crippen molar-refractivity contribution in [3.8, 4) is 0 Å². The number of carbonyl (C=O) groups excluding carboxylic acids is 1. The van der Waals surface area contributed by atoms with Gasteiger partial charge in [-0.25, -0.2) is 0 Å². The Hall–Kier alpha value is -1.84. The van der Waals surface area contributed by atoms with Gasteiger partial charge in [-0.05, 0) is 0 Å². The van der Waals surface area contributed by atoms with E-state index in [2.05, 4.69) is 4.98 Å². The SMILES string of the molecule is CCOC(=O)c1[se]c2nc3ccccc3c(C)c2c1N. The van der Waals surface area contributed by atoms with Crippen molar-refractivity contribution in [3.63, 3.8) is 0 Å². The van der Waals surface area contributed by atoms with E-state index in [1.165, 1.54) is 0 Å². The summed E-state index contributed by atoms with van der Waals surface area (Å²) in [4.78, 5) is 16.6. The number of nitrogen functional groups attached to an aromatic ring is 1. The molecule has 0 amide bonds. The van der Waals surface area contributed by atoms with Gasteiger partial charge >= 0.3 is 122 Å². The first kappa shape index (κ1) is 13.2. The summed E-state index contributed by atoms with van der Waals surface area (Å²) in [5.74, 6) is -0.313. The average Bonchev–Trinajstić information content (AvgIpc) is 2.77. The zero-order chi connectivity index (χ0) is 14.3. The first-order chi connectivity index (χ1) is 9.63. The second-order valence-electron chi connectivity index (χ2n) is 4.50. The third kappa shape index (κ3) is 1.90. The molecule has 2 N–H and O–H groups in total. The van der Waals surface area contributed by atoms with Crippen molar-refractivity contribution in [1.29, 1.82) is 0 Å². The van der Waals surface area contributed by atoms with Gasteiger partial charge < -0.3 is 0 Å². The fourth-order valence-corrected chi connectivity index (χ4v) is 4.57. The summed E-state index contributed by atoms with van der Waals surface area (Å²) in [5, 5.41) is 2.00. The number of aromatic nitrogens is 1. The Balaban J connectivity index is 2.33. The molecule has 0 unspecified atom stereocenters. The van der Waals surface area contributed by atoms with Crippen molar-refractivity contribution in [2.75, 3.05) is 12.3 Å². The van der Waals surface area contributed by atoms with Gasteiger partial charge in [0.15, 0.2) is 0 Å². The summed E-state index contributed by atoms with van der Waals surface area (Å²) >= 11 is -0.180. The van der Waals surface area contributed by atoms with E-state index >= 15 is 0 Å². The molecule has 0 radical (unpaired) electrons. The van der Waals surface area contributed by atoms with Crippen molar-refractivity contribution in [1.82, 2.24) is 4.98 Å². The van der Waals surface area contributed by atoms with Crippen molar-refractivity contribution in [2.24, 2.45) is 0 Å². The van der Waals surface area contributed by atoms with Crippen molar-refractivity contribution < 1.29 is 9.53 Å². The second-order valence-corrected chi connectivity index (χ2v) is 6.60. The number of para-hydroxylation sites is 1. The Labute approximate surface area is 122 Å². The quantitative estimate of drug-likeness (QED) is 0.578. The molecule has 20 heavy (non-hydrogen) atoms. The number of anilines is 1. The summed E-state index contributed by atoms with van der Waals surface area (Å²) < 4.78 is 6.58. The zero-order valence-corrected chi connectivity index (χ0v) is 13.0. The topological polar surface area (TPSA) is 65.2 Å². The summed E-state index contributed by atoms with van der Waals surface area (Å²) in [6, 6.07) is 7.96. The predicted octanol–water partition coefficient (Wildman–Crippen LogP) is 2.51. The van der Waals surface area contributed by atoms with Gasteiger partial charge in [0.05, 0.1) is 0 Å². The summed E-state index contributed by atoms with van der Waals surface area (Å²) in [6.45, 7) is 4.18. The first-order valence-electron chi connectivity index (χ1n) is 6.38. The maximum atomic E-state index is 12.0. The van der Waals surface area contributed by atoms with Gasteiger partial charge in [-0.15, -0.1) is 0 Å². The van der Waals surface area contributed by atoms with Crippen molar-refractivity contribution >= 4 is 46.8 Å². The molecule has 1 aromatic carbocycles. The van der Waals surface area contributed by atoms with E-state index in [1.807, 2.05) is 31.2 Å². The van der Waals surface area contributed by atoms with Crippen LogP contribution in [0.3, 0.4) is 0 Å². The Morgan fingerprint density at radius 2 is 2.15 bits per heavy atom. The number of benzene rings is 1. The normalized spacial score (nSPS) is 11.1. The monoisotopic (exact) mass is 334 g/mol. The Bertz CT molecular complexity index is 823. The molecule has 0 saturated heterocycles. The van der Waals surface area contributed by atoms with Gasteiger partial charge in [-0.2, -0.15) is 0 Å². The molecule has 3 aromatic rings. The molecule has 0 spiro atoms. The molecule has 2 heterocycles. The number of fused-ring (bicyclic) bond motifs is 2. The molecule has 0 atom stereocenters. The number of aryl methyl sites for hydroxylation is 1. The molecule has 3 rings (SSSR count). The molecule has 0 saturated carbocycles. The molecule has 0 fully saturated rings. The van der Waals surface area contributed by atoms with E-state index in [1.54, 1.807) is 6.92 Å². The Kier molecular flexibility index (Phi) is 3.24. The van der Waals surface area contributed by atoms with Crippen LogP contribution in [0.25, 0.3) is 20.7 Å². The third-order valence-electron chi connectivity index (χ3n) is 3.29. The number of ether oxygens (including phenoxy) is 1. The number of esters is 1. The molecule has 0 aliphatic carbocycles. The molecular formula is C15H14N2O2Se. The molecule has 2 aromatic heterocycles. The second kappa shape index (κ2) is 4.93. The van der Waals surface area contributed by atoms with Gasteiger partial charge in [0.2, 0.25) is 0 Å². The zero-order valence-electron chi connectivity index (χ0n) is 11.3. The number of rotatable bonds is 2. The molecule has 5 heteroatoms. The van der Waals surface area contributed by atoms with Crippen LogP contribution in [-0.4, -0.2) is 32.1 Å². The van der Waals surface area contributed by atoms with E-state index in [0.29, 0.717) is 16.7 Å². The van der Waals surface area contributed by atoms with Gasteiger partial charge in [-0.3, -0.25) is 0 Å². The van der Waals surface area contributed by atoms with Gasteiger partial charge in [0, 0.05) is 0 Å². The Morgan fingerprint density at radius 1 is 1.40 bits per heavy atom. The minimum atomic E-state index is -0.313. The summed E-state index contributed by atoms with van der Waals surface area (Å²) in [6.07, 6.45) is 0.